The fourth-order valence-corrected chi connectivity index (χ4v) is 2.40. The maximum absolute atomic E-state index is 11.4. The van der Waals surface area contributed by atoms with E-state index in [1.165, 1.54) is 0 Å². The first kappa shape index (κ1) is 14.8. The fraction of sp³-hybridized carbons (Fsp3) is 1.00. The van der Waals surface area contributed by atoms with Crippen LogP contribution >= 0.6 is 0 Å². The van der Waals surface area contributed by atoms with E-state index in [0.29, 0.717) is 13.0 Å². The van der Waals surface area contributed by atoms with E-state index in [1.807, 2.05) is 6.92 Å². The van der Waals surface area contributed by atoms with Gasteiger partial charge in [-0.05, 0) is 27.2 Å². The Morgan fingerprint density at radius 1 is 1.40 bits per heavy atom. The van der Waals surface area contributed by atoms with Crippen molar-refractivity contribution in [2.24, 2.45) is 0 Å². The number of hydrogen-bond acceptors (Lipinski definition) is 4. The predicted molar refractivity (Wildman–Crippen MR) is 59.2 cm³/mol. The minimum Gasteiger partial charge on any atom is -0.393 e. The Morgan fingerprint density at radius 2 is 2.00 bits per heavy atom. The molecule has 5 nitrogen and oxygen atoms in total. The highest BCUT2D eigenvalue weighted by Crippen LogP contribution is 1.99. The van der Waals surface area contributed by atoms with E-state index in [4.69, 9.17) is 9.84 Å². The van der Waals surface area contributed by atoms with Crippen molar-refractivity contribution in [3.63, 3.8) is 0 Å². The molecule has 2 unspecified atom stereocenters. The third kappa shape index (κ3) is 8.80. The van der Waals surface area contributed by atoms with E-state index >= 15 is 0 Å². The molecule has 0 bridgehead atoms. The summed E-state index contributed by atoms with van der Waals surface area (Å²) < 4.78 is 30.3. The molecule has 2 atom stereocenters. The van der Waals surface area contributed by atoms with Gasteiger partial charge in [-0.15, -0.1) is 0 Å². The first-order valence-electron chi connectivity index (χ1n) is 5.13. The molecule has 0 saturated heterocycles. The second-order valence-electron chi connectivity index (χ2n) is 3.62. The molecule has 0 heterocycles. The van der Waals surface area contributed by atoms with Crippen molar-refractivity contribution < 1.29 is 18.3 Å². The van der Waals surface area contributed by atoms with Crippen molar-refractivity contribution >= 4 is 10.0 Å². The smallest absolute Gasteiger partial charge is 0.214 e. The Morgan fingerprint density at radius 3 is 2.47 bits per heavy atom. The van der Waals surface area contributed by atoms with E-state index in [0.717, 1.165) is 0 Å². The highest BCUT2D eigenvalue weighted by atomic mass is 32.2. The fourth-order valence-electron chi connectivity index (χ4n) is 1.24. The monoisotopic (exact) mass is 239 g/mol. The van der Waals surface area contributed by atoms with Crippen molar-refractivity contribution in [3.05, 3.63) is 0 Å². The second-order valence-corrected chi connectivity index (χ2v) is 5.49. The van der Waals surface area contributed by atoms with Crippen LogP contribution in [-0.4, -0.2) is 44.6 Å². The van der Waals surface area contributed by atoms with Crippen molar-refractivity contribution in [1.29, 1.82) is 0 Å². The van der Waals surface area contributed by atoms with E-state index in [-0.39, 0.29) is 18.4 Å². The lowest BCUT2D eigenvalue weighted by molar-refractivity contribution is 0.162. The Hall–Kier alpha value is -0.170. The molecule has 0 aromatic heterocycles. The molecule has 6 heteroatoms. The molecular formula is C9H21NO4S. The van der Waals surface area contributed by atoms with Crippen LogP contribution in [0.2, 0.25) is 0 Å². The average molecular weight is 239 g/mol. The number of aliphatic hydroxyl groups is 1. The molecule has 0 fully saturated rings. The number of aliphatic hydroxyl groups excluding tert-OH is 1. The summed E-state index contributed by atoms with van der Waals surface area (Å²) in [5.74, 6) is -0.0367. The van der Waals surface area contributed by atoms with Crippen LogP contribution in [0.5, 0.6) is 0 Å². The van der Waals surface area contributed by atoms with Crippen molar-refractivity contribution in [2.45, 2.75) is 39.3 Å². The van der Waals surface area contributed by atoms with Crippen LogP contribution in [0.4, 0.5) is 0 Å². The van der Waals surface area contributed by atoms with Crippen LogP contribution in [0.1, 0.15) is 27.2 Å². The molecule has 0 radical (unpaired) electrons. The summed E-state index contributed by atoms with van der Waals surface area (Å²) in [6.07, 6.45) is -0.0944. The zero-order valence-electron chi connectivity index (χ0n) is 9.56. The van der Waals surface area contributed by atoms with E-state index in [9.17, 15) is 8.42 Å². The van der Waals surface area contributed by atoms with Gasteiger partial charge in [-0.2, -0.15) is 0 Å². The van der Waals surface area contributed by atoms with Crippen LogP contribution < -0.4 is 4.72 Å². The van der Waals surface area contributed by atoms with E-state index < -0.39 is 16.1 Å². The largest absolute Gasteiger partial charge is 0.393 e. The molecule has 0 aromatic rings. The van der Waals surface area contributed by atoms with Crippen molar-refractivity contribution in [1.82, 2.24) is 4.72 Å². The van der Waals surface area contributed by atoms with Crippen LogP contribution in [0.25, 0.3) is 0 Å². The SMILES string of the molecule is CCOCCS(=O)(=O)NC(C)CC(C)O. The zero-order valence-corrected chi connectivity index (χ0v) is 10.4. The maximum atomic E-state index is 11.4. The van der Waals surface area contributed by atoms with Gasteiger partial charge in [0.1, 0.15) is 0 Å². The highest BCUT2D eigenvalue weighted by Gasteiger charge is 2.15. The molecular weight excluding hydrogens is 218 g/mol. The Bertz CT molecular complexity index is 251. The summed E-state index contributed by atoms with van der Waals surface area (Å²) in [4.78, 5) is 0. The number of rotatable bonds is 8. The van der Waals surface area contributed by atoms with Crippen LogP contribution in [-0.2, 0) is 14.8 Å². The predicted octanol–water partition coefficient (Wildman–Crippen LogP) is 0.102. The number of sulfonamides is 1. The highest BCUT2D eigenvalue weighted by molar-refractivity contribution is 7.89. The van der Waals surface area contributed by atoms with Crippen LogP contribution in [0.3, 0.4) is 0 Å². The molecule has 0 spiro atoms. The van der Waals surface area contributed by atoms with Gasteiger partial charge in [0.25, 0.3) is 0 Å². The first-order chi connectivity index (χ1) is 6.87. The lowest BCUT2D eigenvalue weighted by Crippen LogP contribution is -2.37. The first-order valence-corrected chi connectivity index (χ1v) is 6.78. The summed E-state index contributed by atoms with van der Waals surface area (Å²) in [5, 5.41) is 9.07. The van der Waals surface area contributed by atoms with E-state index in [1.54, 1.807) is 13.8 Å². The normalized spacial score (nSPS) is 16.3. The van der Waals surface area contributed by atoms with Gasteiger partial charge in [0.05, 0.1) is 18.5 Å². The molecule has 0 saturated carbocycles. The summed E-state index contributed by atoms with van der Waals surface area (Å²) in [6, 6.07) is -0.253. The van der Waals surface area contributed by atoms with Crippen molar-refractivity contribution in [2.75, 3.05) is 19.0 Å². The number of nitrogens with one attached hydrogen (secondary N) is 1. The van der Waals surface area contributed by atoms with Gasteiger partial charge < -0.3 is 9.84 Å². The molecule has 92 valence electrons. The molecule has 0 aliphatic rings. The van der Waals surface area contributed by atoms with Gasteiger partial charge in [0, 0.05) is 12.6 Å². The molecule has 0 aliphatic carbocycles. The van der Waals surface area contributed by atoms with Gasteiger partial charge in [0.15, 0.2) is 0 Å². The molecule has 0 aliphatic heterocycles. The molecule has 0 aromatic carbocycles. The van der Waals surface area contributed by atoms with Gasteiger partial charge in [-0.1, -0.05) is 0 Å². The molecule has 0 rings (SSSR count). The molecule has 0 amide bonds. The van der Waals surface area contributed by atoms with Crippen LogP contribution in [0, 0.1) is 0 Å². The maximum Gasteiger partial charge on any atom is 0.214 e. The van der Waals surface area contributed by atoms with E-state index in [2.05, 4.69) is 4.72 Å². The number of hydrogen-bond donors (Lipinski definition) is 2. The standard InChI is InChI=1S/C9H21NO4S/c1-4-14-5-6-15(12,13)10-8(2)7-9(3)11/h8-11H,4-7H2,1-3H3. The molecule has 2 N–H and O–H groups in total. The third-order valence-corrected chi connectivity index (χ3v) is 3.24. The second kappa shape index (κ2) is 7.16. The van der Waals surface area contributed by atoms with Gasteiger partial charge in [-0.25, -0.2) is 13.1 Å². The Labute approximate surface area is 91.9 Å². The quantitative estimate of drug-likeness (QED) is 0.589. The average Bonchev–Trinajstić information content (AvgIpc) is 2.00. The summed E-state index contributed by atoms with van der Waals surface area (Å²) in [6.45, 7) is 5.89. The summed E-state index contributed by atoms with van der Waals surface area (Å²) >= 11 is 0. The van der Waals surface area contributed by atoms with Crippen LogP contribution in [0.15, 0.2) is 0 Å². The minimum atomic E-state index is -3.28. The third-order valence-electron chi connectivity index (χ3n) is 1.78. The van der Waals surface area contributed by atoms with Gasteiger partial charge >= 0.3 is 0 Å². The lowest BCUT2D eigenvalue weighted by atomic mass is 10.2. The minimum absolute atomic E-state index is 0.0367. The lowest BCUT2D eigenvalue weighted by Gasteiger charge is -2.15. The zero-order chi connectivity index (χ0) is 11.9. The van der Waals surface area contributed by atoms with Crippen molar-refractivity contribution in [3.8, 4) is 0 Å². The summed E-state index contributed by atoms with van der Waals surface area (Å²) in [7, 11) is -3.28. The topological polar surface area (TPSA) is 75.6 Å². The van der Waals surface area contributed by atoms with Gasteiger partial charge in [-0.3, -0.25) is 0 Å². The number of ether oxygens (including phenoxy) is 1. The molecule has 15 heavy (non-hydrogen) atoms. The van der Waals surface area contributed by atoms with Gasteiger partial charge in [0.2, 0.25) is 10.0 Å². The Balaban J connectivity index is 3.91. The Kier molecular flexibility index (Phi) is 7.08. The summed E-state index contributed by atoms with van der Waals surface area (Å²) in [5.41, 5.74) is 0.